The van der Waals surface area contributed by atoms with Gasteiger partial charge >= 0.3 is 0 Å². The number of unbranched alkanes of at least 4 members (excludes halogenated alkanes) is 1. The molecule has 0 heterocycles. The summed E-state index contributed by atoms with van der Waals surface area (Å²) in [5, 5.41) is 7.56. The molecule has 0 aliphatic carbocycles. The highest BCUT2D eigenvalue weighted by atomic mass is 16.5. The van der Waals surface area contributed by atoms with Crippen LogP contribution < -0.4 is 15.4 Å². The Morgan fingerprint density at radius 3 is 2.55 bits per heavy atom. The van der Waals surface area contributed by atoms with Crippen molar-refractivity contribution in [2.45, 2.75) is 33.1 Å². The molecule has 3 N–H and O–H groups in total. The number of benzene rings is 1. The molecule has 0 aliphatic rings. The molecule has 1 aromatic rings. The lowest BCUT2D eigenvalue weighted by molar-refractivity contribution is 0.414. The SMILES string of the molecule is COc1ccccc1N(C)CCCCC(C)(C)C(=N)N. The van der Waals surface area contributed by atoms with Crippen molar-refractivity contribution >= 4 is 11.5 Å². The Hall–Kier alpha value is -1.71. The highest BCUT2D eigenvalue weighted by molar-refractivity contribution is 5.82. The lowest BCUT2D eigenvalue weighted by atomic mass is 9.86. The Morgan fingerprint density at radius 2 is 1.95 bits per heavy atom. The van der Waals surface area contributed by atoms with E-state index in [-0.39, 0.29) is 11.3 Å². The number of nitrogens with zero attached hydrogens (tertiary/aromatic N) is 1. The van der Waals surface area contributed by atoms with Gasteiger partial charge in [0.25, 0.3) is 0 Å². The van der Waals surface area contributed by atoms with Gasteiger partial charge in [-0.1, -0.05) is 32.4 Å². The molecule has 1 aromatic carbocycles. The van der Waals surface area contributed by atoms with Gasteiger partial charge in [0.2, 0.25) is 0 Å². The minimum atomic E-state index is -0.191. The molecule has 0 fully saturated rings. The molecule has 1 rings (SSSR count). The fraction of sp³-hybridized carbons (Fsp3) is 0.562. The van der Waals surface area contributed by atoms with E-state index in [1.807, 2.05) is 32.0 Å². The topological polar surface area (TPSA) is 62.3 Å². The summed E-state index contributed by atoms with van der Waals surface area (Å²) in [7, 11) is 3.77. The average Bonchev–Trinajstić information content (AvgIpc) is 2.43. The second-order valence-corrected chi connectivity index (χ2v) is 5.85. The fourth-order valence-corrected chi connectivity index (χ4v) is 2.12. The van der Waals surface area contributed by atoms with Crippen LogP contribution >= 0.6 is 0 Å². The molecule has 0 aromatic heterocycles. The van der Waals surface area contributed by atoms with Gasteiger partial charge in [0.15, 0.2) is 0 Å². The first-order valence-corrected chi connectivity index (χ1v) is 7.07. The molecule has 4 nitrogen and oxygen atoms in total. The molecule has 4 heteroatoms. The maximum Gasteiger partial charge on any atom is 0.142 e. The van der Waals surface area contributed by atoms with Gasteiger partial charge in [0.1, 0.15) is 5.75 Å². The molecule has 0 saturated carbocycles. The minimum Gasteiger partial charge on any atom is -0.495 e. The number of rotatable bonds is 8. The summed E-state index contributed by atoms with van der Waals surface area (Å²) in [5.74, 6) is 1.18. The van der Waals surface area contributed by atoms with E-state index in [0.717, 1.165) is 37.2 Å². The van der Waals surface area contributed by atoms with Gasteiger partial charge in [-0.3, -0.25) is 5.41 Å². The molecular formula is C16H27N3O. The number of hydrogen-bond donors (Lipinski definition) is 2. The van der Waals surface area contributed by atoms with E-state index >= 15 is 0 Å². The van der Waals surface area contributed by atoms with E-state index in [0.29, 0.717) is 0 Å². The highest BCUT2D eigenvalue weighted by Gasteiger charge is 2.20. The third-order valence-corrected chi connectivity index (χ3v) is 3.77. The Morgan fingerprint density at radius 1 is 1.30 bits per heavy atom. The number of methoxy groups -OCH3 is 1. The molecule has 20 heavy (non-hydrogen) atoms. The number of nitrogens with two attached hydrogens (primary N) is 1. The summed E-state index contributed by atoms with van der Waals surface area (Å²) < 4.78 is 5.37. The Labute approximate surface area is 122 Å². The molecule has 0 bridgehead atoms. The van der Waals surface area contributed by atoms with Crippen molar-refractivity contribution in [3.63, 3.8) is 0 Å². The van der Waals surface area contributed by atoms with Gasteiger partial charge < -0.3 is 15.4 Å². The Balaban J connectivity index is 2.44. The van der Waals surface area contributed by atoms with E-state index in [9.17, 15) is 0 Å². The van der Waals surface area contributed by atoms with E-state index < -0.39 is 0 Å². The van der Waals surface area contributed by atoms with Gasteiger partial charge in [-0.2, -0.15) is 0 Å². The number of para-hydroxylation sites is 2. The molecule has 0 atom stereocenters. The summed E-state index contributed by atoms with van der Waals surface area (Å²) in [4.78, 5) is 2.21. The smallest absolute Gasteiger partial charge is 0.142 e. The van der Waals surface area contributed by atoms with Crippen molar-refractivity contribution in [1.29, 1.82) is 5.41 Å². The first kappa shape index (κ1) is 16.3. The standard InChI is InChI=1S/C16H27N3O/c1-16(2,15(17)18)11-7-8-12-19(3)13-9-5-6-10-14(13)20-4/h5-6,9-10H,7-8,11-12H2,1-4H3,(H3,17,18). The van der Waals surface area contributed by atoms with Crippen molar-refractivity contribution in [1.82, 2.24) is 0 Å². The first-order valence-electron chi connectivity index (χ1n) is 7.07. The van der Waals surface area contributed by atoms with Gasteiger partial charge in [0, 0.05) is 19.0 Å². The van der Waals surface area contributed by atoms with Crippen molar-refractivity contribution in [3.05, 3.63) is 24.3 Å². The maximum atomic E-state index is 7.56. The summed E-state index contributed by atoms with van der Waals surface area (Å²) in [5.41, 5.74) is 6.52. The molecular weight excluding hydrogens is 250 g/mol. The van der Waals surface area contributed by atoms with Crippen LogP contribution in [0.4, 0.5) is 5.69 Å². The quantitative estimate of drug-likeness (QED) is 0.435. The van der Waals surface area contributed by atoms with Crippen LogP contribution in [0.15, 0.2) is 24.3 Å². The third kappa shape index (κ3) is 4.44. The van der Waals surface area contributed by atoms with Gasteiger partial charge in [-0.25, -0.2) is 0 Å². The van der Waals surface area contributed by atoms with Crippen molar-refractivity contribution in [2.24, 2.45) is 11.1 Å². The van der Waals surface area contributed by atoms with Crippen LogP contribution in [-0.4, -0.2) is 26.5 Å². The van der Waals surface area contributed by atoms with Gasteiger partial charge in [0.05, 0.1) is 18.6 Å². The third-order valence-electron chi connectivity index (χ3n) is 3.77. The second-order valence-electron chi connectivity index (χ2n) is 5.85. The molecule has 0 saturated heterocycles. The summed E-state index contributed by atoms with van der Waals surface area (Å²) >= 11 is 0. The van der Waals surface area contributed by atoms with Crippen LogP contribution in [0.2, 0.25) is 0 Å². The Bertz CT molecular complexity index is 443. The summed E-state index contributed by atoms with van der Waals surface area (Å²) in [6.07, 6.45) is 3.08. The summed E-state index contributed by atoms with van der Waals surface area (Å²) in [6, 6.07) is 8.04. The molecule has 0 unspecified atom stereocenters. The van der Waals surface area contributed by atoms with E-state index in [1.165, 1.54) is 0 Å². The van der Waals surface area contributed by atoms with Crippen LogP contribution in [0.1, 0.15) is 33.1 Å². The normalized spacial score (nSPS) is 11.2. The minimum absolute atomic E-state index is 0.191. The molecule has 0 radical (unpaired) electrons. The molecule has 0 amide bonds. The zero-order chi connectivity index (χ0) is 15.2. The van der Waals surface area contributed by atoms with Gasteiger partial charge in [-0.15, -0.1) is 0 Å². The molecule has 0 spiro atoms. The van der Waals surface area contributed by atoms with E-state index in [2.05, 4.69) is 18.0 Å². The predicted octanol–water partition coefficient (Wildman–Crippen LogP) is 3.26. The largest absolute Gasteiger partial charge is 0.495 e. The lowest BCUT2D eigenvalue weighted by Crippen LogP contribution is -2.31. The molecule has 0 aliphatic heterocycles. The van der Waals surface area contributed by atoms with Gasteiger partial charge in [-0.05, 0) is 25.0 Å². The van der Waals surface area contributed by atoms with Crippen molar-refractivity contribution in [2.75, 3.05) is 25.6 Å². The summed E-state index contributed by atoms with van der Waals surface area (Å²) in [6.45, 7) is 5.02. The molecule has 112 valence electrons. The van der Waals surface area contributed by atoms with E-state index in [1.54, 1.807) is 7.11 Å². The van der Waals surface area contributed by atoms with Crippen LogP contribution in [0.25, 0.3) is 0 Å². The van der Waals surface area contributed by atoms with Crippen LogP contribution in [-0.2, 0) is 0 Å². The lowest BCUT2D eigenvalue weighted by Gasteiger charge is -2.24. The van der Waals surface area contributed by atoms with Crippen LogP contribution in [0, 0.1) is 10.8 Å². The number of nitrogens with one attached hydrogen (secondary N) is 1. The average molecular weight is 277 g/mol. The zero-order valence-electron chi connectivity index (χ0n) is 13.1. The number of anilines is 1. The van der Waals surface area contributed by atoms with Crippen molar-refractivity contribution < 1.29 is 4.74 Å². The fourth-order valence-electron chi connectivity index (χ4n) is 2.12. The van der Waals surface area contributed by atoms with Crippen LogP contribution in [0.3, 0.4) is 0 Å². The first-order chi connectivity index (χ1) is 9.38. The van der Waals surface area contributed by atoms with Crippen LogP contribution in [0.5, 0.6) is 5.75 Å². The number of hydrogen-bond acceptors (Lipinski definition) is 3. The second kappa shape index (κ2) is 7.17. The number of amidine groups is 1. The predicted molar refractivity (Wildman–Crippen MR) is 85.8 cm³/mol. The number of ether oxygens (including phenoxy) is 1. The Kier molecular flexibility index (Phi) is 5.86. The van der Waals surface area contributed by atoms with E-state index in [4.69, 9.17) is 15.9 Å². The van der Waals surface area contributed by atoms with Crippen molar-refractivity contribution in [3.8, 4) is 5.75 Å². The highest BCUT2D eigenvalue weighted by Crippen LogP contribution is 2.27. The zero-order valence-corrected chi connectivity index (χ0v) is 13.1. The maximum absolute atomic E-state index is 7.56. The monoisotopic (exact) mass is 277 g/mol.